The number of hydrogen-bond acceptors (Lipinski definition) is 10. The molecule has 5 rings (SSSR count). The molecule has 0 spiro atoms. The van der Waals surface area contributed by atoms with Gasteiger partial charge < -0.3 is 9.73 Å². The van der Waals surface area contributed by atoms with Crippen molar-refractivity contribution in [1.29, 1.82) is 0 Å². The SMILES string of the molecule is Cc1sc2nc(CN3CCCCC3)nc(Sc3nnc(NCc4ccco4)s3)c2c1C. The van der Waals surface area contributed by atoms with Gasteiger partial charge >= 0.3 is 0 Å². The van der Waals surface area contributed by atoms with Crippen LogP contribution in [0.15, 0.2) is 32.2 Å². The van der Waals surface area contributed by atoms with Crippen LogP contribution in [-0.2, 0) is 13.1 Å². The number of rotatable bonds is 7. The molecule has 1 saturated heterocycles. The Kier molecular flexibility index (Phi) is 6.22. The van der Waals surface area contributed by atoms with E-state index in [1.54, 1.807) is 29.4 Å². The fourth-order valence-corrected chi connectivity index (χ4v) is 6.67. The van der Waals surface area contributed by atoms with Gasteiger partial charge in [-0.2, -0.15) is 0 Å². The Bertz CT molecular complexity index is 1160. The van der Waals surface area contributed by atoms with Gasteiger partial charge in [0.25, 0.3) is 0 Å². The topological polar surface area (TPSA) is 80.0 Å². The van der Waals surface area contributed by atoms with E-state index in [1.807, 2.05) is 12.1 Å². The predicted molar refractivity (Wildman–Crippen MR) is 126 cm³/mol. The van der Waals surface area contributed by atoms with Crippen LogP contribution in [-0.4, -0.2) is 38.2 Å². The zero-order valence-corrected chi connectivity index (χ0v) is 20.0. The van der Waals surface area contributed by atoms with Gasteiger partial charge in [-0.1, -0.05) is 17.8 Å². The van der Waals surface area contributed by atoms with E-state index in [0.717, 1.165) is 55.9 Å². The third-order valence-corrected chi connectivity index (χ3v) is 8.46. The Morgan fingerprint density at radius 1 is 1.13 bits per heavy atom. The van der Waals surface area contributed by atoms with Crippen molar-refractivity contribution in [2.45, 2.75) is 55.6 Å². The number of anilines is 1. The Morgan fingerprint density at radius 2 is 2.00 bits per heavy atom. The maximum atomic E-state index is 5.37. The Hall–Kier alpha value is -2.01. The van der Waals surface area contributed by atoms with E-state index in [0.29, 0.717) is 6.54 Å². The molecule has 10 heteroatoms. The van der Waals surface area contributed by atoms with Crippen LogP contribution in [0.25, 0.3) is 10.2 Å². The highest BCUT2D eigenvalue weighted by atomic mass is 32.2. The Balaban J connectivity index is 1.38. The van der Waals surface area contributed by atoms with Crippen LogP contribution >= 0.6 is 34.4 Å². The molecule has 162 valence electrons. The van der Waals surface area contributed by atoms with Crippen molar-refractivity contribution in [1.82, 2.24) is 25.1 Å². The zero-order chi connectivity index (χ0) is 21.2. The lowest BCUT2D eigenvalue weighted by molar-refractivity contribution is 0.216. The normalized spacial score (nSPS) is 15.0. The molecule has 1 aliphatic heterocycles. The molecule has 1 aliphatic rings. The summed E-state index contributed by atoms with van der Waals surface area (Å²) < 4.78 is 6.24. The lowest BCUT2D eigenvalue weighted by Crippen LogP contribution is -2.29. The summed E-state index contributed by atoms with van der Waals surface area (Å²) in [5, 5.41) is 14.8. The number of aryl methyl sites for hydroxylation is 2. The second-order valence-corrected chi connectivity index (χ2v) is 11.1. The Morgan fingerprint density at radius 3 is 2.81 bits per heavy atom. The summed E-state index contributed by atoms with van der Waals surface area (Å²) in [6, 6.07) is 3.82. The second-order valence-electron chi connectivity index (χ2n) is 7.65. The van der Waals surface area contributed by atoms with Crippen LogP contribution in [0.4, 0.5) is 5.13 Å². The zero-order valence-electron chi connectivity index (χ0n) is 17.6. The van der Waals surface area contributed by atoms with Crippen LogP contribution in [0.3, 0.4) is 0 Å². The molecule has 0 bridgehead atoms. The van der Waals surface area contributed by atoms with Crippen molar-refractivity contribution in [2.75, 3.05) is 18.4 Å². The van der Waals surface area contributed by atoms with E-state index in [-0.39, 0.29) is 0 Å². The lowest BCUT2D eigenvalue weighted by Gasteiger charge is -2.25. The summed E-state index contributed by atoms with van der Waals surface area (Å²) in [4.78, 5) is 14.7. The summed E-state index contributed by atoms with van der Waals surface area (Å²) in [6.07, 6.45) is 5.53. The summed E-state index contributed by atoms with van der Waals surface area (Å²) in [5.74, 6) is 1.77. The van der Waals surface area contributed by atoms with E-state index < -0.39 is 0 Å². The van der Waals surface area contributed by atoms with E-state index >= 15 is 0 Å². The van der Waals surface area contributed by atoms with E-state index in [9.17, 15) is 0 Å². The largest absolute Gasteiger partial charge is 0.467 e. The molecule has 7 nitrogen and oxygen atoms in total. The van der Waals surface area contributed by atoms with Crippen molar-refractivity contribution in [3.8, 4) is 0 Å². The summed E-state index contributed by atoms with van der Waals surface area (Å²) in [6.45, 7) is 7.98. The molecule has 31 heavy (non-hydrogen) atoms. The van der Waals surface area contributed by atoms with Gasteiger partial charge in [0.15, 0.2) is 4.34 Å². The standard InChI is InChI=1S/C21H24N6OS3/c1-13-14(2)29-18-17(13)19(24-16(23-18)12-27-8-4-3-5-9-27)30-21-26-25-20(31-21)22-11-15-7-6-10-28-15/h6-7,10H,3-5,8-9,11-12H2,1-2H3,(H,22,25). The molecule has 0 unspecified atom stereocenters. The molecule has 0 radical (unpaired) electrons. The van der Waals surface area contributed by atoms with Crippen LogP contribution in [0.1, 0.15) is 41.3 Å². The van der Waals surface area contributed by atoms with E-state index in [2.05, 4.69) is 34.3 Å². The van der Waals surface area contributed by atoms with Gasteiger partial charge in [-0.15, -0.1) is 21.5 Å². The van der Waals surface area contributed by atoms with E-state index in [1.165, 1.54) is 41.0 Å². The minimum atomic E-state index is 0.590. The van der Waals surface area contributed by atoms with Crippen LogP contribution < -0.4 is 5.32 Å². The van der Waals surface area contributed by atoms with E-state index in [4.69, 9.17) is 14.4 Å². The van der Waals surface area contributed by atoms with Crippen LogP contribution in [0.2, 0.25) is 0 Å². The number of fused-ring (bicyclic) bond motifs is 1. The fraction of sp³-hybridized carbons (Fsp3) is 0.429. The number of thiophene rings is 1. The third-order valence-electron chi connectivity index (χ3n) is 5.44. The number of furan rings is 1. The van der Waals surface area contributed by atoms with Crippen molar-refractivity contribution in [3.05, 3.63) is 40.4 Å². The predicted octanol–water partition coefficient (Wildman–Crippen LogP) is 5.50. The van der Waals surface area contributed by atoms with Gasteiger partial charge in [-0.3, -0.25) is 4.90 Å². The van der Waals surface area contributed by atoms with Gasteiger partial charge in [0.2, 0.25) is 5.13 Å². The van der Waals surface area contributed by atoms with Crippen LogP contribution in [0.5, 0.6) is 0 Å². The minimum Gasteiger partial charge on any atom is -0.467 e. The lowest BCUT2D eigenvalue weighted by atomic mass is 10.1. The van der Waals surface area contributed by atoms with Crippen LogP contribution in [0, 0.1) is 13.8 Å². The first-order valence-electron chi connectivity index (χ1n) is 10.4. The van der Waals surface area contributed by atoms with Gasteiger partial charge in [0.1, 0.15) is 21.4 Å². The first-order valence-corrected chi connectivity index (χ1v) is 12.9. The quantitative estimate of drug-likeness (QED) is 0.353. The molecule has 0 aromatic carbocycles. The smallest absolute Gasteiger partial charge is 0.206 e. The average Bonchev–Trinajstić information content (AvgIpc) is 3.49. The molecular formula is C21H24N6OS3. The molecule has 0 amide bonds. The van der Waals surface area contributed by atoms with Gasteiger partial charge in [-0.25, -0.2) is 9.97 Å². The molecule has 1 N–H and O–H groups in total. The number of aromatic nitrogens is 4. The highest BCUT2D eigenvalue weighted by molar-refractivity contribution is 8.01. The highest BCUT2D eigenvalue weighted by Crippen LogP contribution is 2.39. The number of piperidine rings is 1. The molecule has 0 atom stereocenters. The number of nitrogens with zero attached hydrogens (tertiary/aromatic N) is 5. The maximum Gasteiger partial charge on any atom is 0.206 e. The molecule has 4 aromatic rings. The number of likely N-dealkylation sites (tertiary alicyclic amines) is 1. The first-order chi connectivity index (χ1) is 15.2. The van der Waals surface area contributed by atoms with Gasteiger partial charge in [0, 0.05) is 10.3 Å². The number of nitrogens with one attached hydrogen (secondary N) is 1. The highest BCUT2D eigenvalue weighted by Gasteiger charge is 2.19. The molecule has 5 heterocycles. The average molecular weight is 473 g/mol. The second kappa shape index (κ2) is 9.23. The van der Waals surface area contributed by atoms with Gasteiger partial charge in [-0.05, 0) is 69.2 Å². The minimum absolute atomic E-state index is 0.590. The van der Waals surface area contributed by atoms with Gasteiger partial charge in [0.05, 0.1) is 19.4 Å². The van der Waals surface area contributed by atoms with Crippen molar-refractivity contribution in [2.24, 2.45) is 0 Å². The van der Waals surface area contributed by atoms with Crippen molar-refractivity contribution in [3.63, 3.8) is 0 Å². The molecule has 4 aromatic heterocycles. The van der Waals surface area contributed by atoms with Crippen molar-refractivity contribution >= 4 is 49.8 Å². The molecular weight excluding hydrogens is 448 g/mol. The Labute approximate surface area is 193 Å². The summed E-state index contributed by atoms with van der Waals surface area (Å²) >= 11 is 4.87. The molecule has 0 aliphatic carbocycles. The summed E-state index contributed by atoms with van der Waals surface area (Å²) in [5.41, 5.74) is 1.26. The number of hydrogen-bond donors (Lipinski definition) is 1. The van der Waals surface area contributed by atoms with Crippen molar-refractivity contribution < 1.29 is 4.42 Å². The fourth-order valence-electron chi connectivity index (χ4n) is 3.70. The first kappa shape index (κ1) is 20.9. The monoisotopic (exact) mass is 472 g/mol. The maximum absolute atomic E-state index is 5.37. The third kappa shape index (κ3) is 4.77. The molecule has 1 fully saturated rings. The molecule has 0 saturated carbocycles. The summed E-state index contributed by atoms with van der Waals surface area (Å²) in [7, 11) is 0.